The molecular formula is C20H21NO4. The highest BCUT2D eigenvalue weighted by atomic mass is 16.5. The molecule has 2 rings (SSSR count). The molecule has 2 aromatic carbocycles. The lowest BCUT2D eigenvalue weighted by Gasteiger charge is -2.14. The van der Waals surface area contributed by atoms with Gasteiger partial charge in [0.1, 0.15) is 0 Å². The van der Waals surface area contributed by atoms with Gasteiger partial charge in [0.15, 0.2) is 11.9 Å². The summed E-state index contributed by atoms with van der Waals surface area (Å²) in [6.45, 7) is 4.97. The van der Waals surface area contributed by atoms with Gasteiger partial charge in [0.05, 0.1) is 6.42 Å². The summed E-state index contributed by atoms with van der Waals surface area (Å²) >= 11 is 0. The number of nitrogens with one attached hydrogen (secondary N) is 1. The van der Waals surface area contributed by atoms with Crippen LogP contribution in [-0.2, 0) is 20.7 Å². The zero-order valence-electron chi connectivity index (χ0n) is 14.5. The predicted octanol–water partition coefficient (Wildman–Crippen LogP) is 3.31. The first-order valence-electron chi connectivity index (χ1n) is 8.02. The molecule has 0 aliphatic heterocycles. The maximum Gasteiger partial charge on any atom is 0.311 e. The third kappa shape index (κ3) is 5.57. The van der Waals surface area contributed by atoms with E-state index < -0.39 is 18.0 Å². The minimum absolute atomic E-state index is 0.0451. The number of benzene rings is 2. The van der Waals surface area contributed by atoms with Crippen molar-refractivity contribution in [2.75, 3.05) is 5.32 Å². The van der Waals surface area contributed by atoms with Crippen molar-refractivity contribution in [2.45, 2.75) is 33.3 Å². The van der Waals surface area contributed by atoms with Gasteiger partial charge in [-0.1, -0.05) is 29.8 Å². The molecule has 0 saturated heterocycles. The van der Waals surface area contributed by atoms with Crippen molar-refractivity contribution in [1.29, 1.82) is 0 Å². The maximum absolute atomic E-state index is 12.1. The Bertz CT molecular complexity index is 763. The van der Waals surface area contributed by atoms with Crippen molar-refractivity contribution in [3.8, 4) is 0 Å². The first-order chi connectivity index (χ1) is 11.8. The van der Waals surface area contributed by atoms with Crippen molar-refractivity contribution in [1.82, 2.24) is 0 Å². The molecule has 0 fully saturated rings. The number of hydrogen-bond acceptors (Lipinski definition) is 4. The van der Waals surface area contributed by atoms with Crippen molar-refractivity contribution in [2.24, 2.45) is 0 Å². The number of hydrogen-bond donors (Lipinski definition) is 1. The number of Topliss-reactive ketones (excluding diaryl/α,β-unsaturated/α-hetero) is 1. The molecule has 5 heteroatoms. The summed E-state index contributed by atoms with van der Waals surface area (Å²) in [5, 5.41) is 2.66. The number of amides is 1. The molecule has 2 aromatic rings. The Morgan fingerprint density at radius 3 is 2.16 bits per heavy atom. The molecule has 0 saturated carbocycles. The molecule has 1 N–H and O–H groups in total. The fourth-order valence-electron chi connectivity index (χ4n) is 2.20. The molecule has 25 heavy (non-hydrogen) atoms. The predicted molar refractivity (Wildman–Crippen MR) is 95.5 cm³/mol. The van der Waals surface area contributed by atoms with E-state index in [9.17, 15) is 14.4 Å². The lowest BCUT2D eigenvalue weighted by atomic mass is 10.1. The van der Waals surface area contributed by atoms with Gasteiger partial charge in [-0.05, 0) is 50.6 Å². The number of carbonyl (C=O) groups excluding carboxylic acids is 3. The molecule has 5 nitrogen and oxygen atoms in total. The van der Waals surface area contributed by atoms with Gasteiger partial charge in [-0.2, -0.15) is 0 Å². The van der Waals surface area contributed by atoms with E-state index in [0.29, 0.717) is 11.3 Å². The molecule has 0 aliphatic rings. The second-order valence-electron chi connectivity index (χ2n) is 5.92. The Balaban J connectivity index is 1.87. The number of anilines is 1. The monoisotopic (exact) mass is 339 g/mol. The lowest BCUT2D eigenvalue weighted by molar-refractivity contribution is -0.152. The van der Waals surface area contributed by atoms with Gasteiger partial charge in [-0.25, -0.2) is 0 Å². The van der Waals surface area contributed by atoms with E-state index in [4.69, 9.17) is 4.74 Å². The molecule has 0 spiro atoms. The van der Waals surface area contributed by atoms with Crippen LogP contribution in [-0.4, -0.2) is 23.8 Å². The molecule has 0 radical (unpaired) electrons. The third-order valence-corrected chi connectivity index (χ3v) is 3.71. The smallest absolute Gasteiger partial charge is 0.311 e. The van der Waals surface area contributed by atoms with Crippen LogP contribution < -0.4 is 5.32 Å². The van der Waals surface area contributed by atoms with Crippen LogP contribution in [0.2, 0.25) is 0 Å². The second kappa shape index (κ2) is 8.24. The maximum atomic E-state index is 12.1. The molecular weight excluding hydrogens is 318 g/mol. The van der Waals surface area contributed by atoms with Gasteiger partial charge in [-0.3, -0.25) is 14.4 Å². The molecule has 1 atom stereocenters. The Labute approximate surface area is 147 Å². The third-order valence-electron chi connectivity index (χ3n) is 3.71. The minimum Gasteiger partial charge on any atom is -0.452 e. The second-order valence-corrected chi connectivity index (χ2v) is 5.92. The topological polar surface area (TPSA) is 72.5 Å². The Kier molecular flexibility index (Phi) is 6.06. The number of aryl methyl sites for hydroxylation is 1. The number of carbonyl (C=O) groups is 3. The summed E-state index contributed by atoms with van der Waals surface area (Å²) in [5.41, 5.74) is 3.05. The molecule has 0 unspecified atom stereocenters. The molecule has 130 valence electrons. The number of esters is 1. The Hall–Kier alpha value is -2.95. The van der Waals surface area contributed by atoms with Gasteiger partial charge in [0, 0.05) is 11.3 Å². The van der Waals surface area contributed by atoms with Gasteiger partial charge < -0.3 is 10.1 Å². The van der Waals surface area contributed by atoms with Crippen LogP contribution in [0.15, 0.2) is 48.5 Å². The highest BCUT2D eigenvalue weighted by Crippen LogP contribution is 2.11. The van der Waals surface area contributed by atoms with Crippen LogP contribution in [0.1, 0.15) is 35.3 Å². The molecule has 0 aromatic heterocycles. The van der Waals surface area contributed by atoms with Crippen molar-refractivity contribution < 1.29 is 19.1 Å². The molecule has 1 amide bonds. The van der Waals surface area contributed by atoms with E-state index in [1.165, 1.54) is 13.8 Å². The molecule has 0 heterocycles. The zero-order valence-corrected chi connectivity index (χ0v) is 14.5. The minimum atomic E-state index is -0.912. The summed E-state index contributed by atoms with van der Waals surface area (Å²) < 4.78 is 5.18. The number of rotatable bonds is 6. The standard InChI is InChI=1S/C20H21NO4/c1-13-4-6-16(7-5-13)12-19(23)25-15(3)20(24)21-18-10-8-17(9-11-18)14(2)22/h4-11,15H,12H2,1-3H3,(H,21,24)/t15-/m1/s1. The van der Waals surface area contributed by atoms with Crippen molar-refractivity contribution in [3.63, 3.8) is 0 Å². The first-order valence-corrected chi connectivity index (χ1v) is 8.02. The summed E-state index contributed by atoms with van der Waals surface area (Å²) in [6.07, 6.45) is -0.795. The van der Waals surface area contributed by atoms with E-state index in [1.54, 1.807) is 24.3 Å². The SMILES string of the molecule is CC(=O)c1ccc(NC(=O)[C@@H](C)OC(=O)Cc2ccc(C)cc2)cc1. The van der Waals surface area contributed by atoms with E-state index in [-0.39, 0.29) is 12.2 Å². The van der Waals surface area contributed by atoms with Crippen LogP contribution in [0.3, 0.4) is 0 Å². The quantitative estimate of drug-likeness (QED) is 0.647. The fraction of sp³-hybridized carbons (Fsp3) is 0.250. The number of ketones is 1. The van der Waals surface area contributed by atoms with Gasteiger partial charge in [0.25, 0.3) is 5.91 Å². The van der Waals surface area contributed by atoms with E-state index in [2.05, 4.69) is 5.32 Å². The highest BCUT2D eigenvalue weighted by molar-refractivity contribution is 5.97. The van der Waals surface area contributed by atoms with Crippen molar-refractivity contribution >= 4 is 23.3 Å². The first kappa shape index (κ1) is 18.4. The van der Waals surface area contributed by atoms with E-state index >= 15 is 0 Å². The average Bonchev–Trinajstić information content (AvgIpc) is 2.57. The van der Waals surface area contributed by atoms with Crippen LogP contribution in [0.4, 0.5) is 5.69 Å². The van der Waals surface area contributed by atoms with Gasteiger partial charge in [0.2, 0.25) is 0 Å². The summed E-state index contributed by atoms with van der Waals surface area (Å²) in [6, 6.07) is 14.1. The Morgan fingerprint density at radius 2 is 1.60 bits per heavy atom. The highest BCUT2D eigenvalue weighted by Gasteiger charge is 2.18. The van der Waals surface area contributed by atoms with E-state index in [0.717, 1.165) is 11.1 Å². The summed E-state index contributed by atoms with van der Waals surface area (Å²) in [5.74, 6) is -0.928. The van der Waals surface area contributed by atoms with Crippen LogP contribution in [0.25, 0.3) is 0 Å². The normalized spacial score (nSPS) is 11.5. The van der Waals surface area contributed by atoms with E-state index in [1.807, 2.05) is 31.2 Å². The fourth-order valence-corrected chi connectivity index (χ4v) is 2.20. The zero-order chi connectivity index (χ0) is 18.4. The van der Waals surface area contributed by atoms with Crippen LogP contribution in [0, 0.1) is 6.92 Å². The number of ether oxygens (including phenoxy) is 1. The largest absolute Gasteiger partial charge is 0.452 e. The van der Waals surface area contributed by atoms with Crippen LogP contribution >= 0.6 is 0 Å². The lowest BCUT2D eigenvalue weighted by Crippen LogP contribution is -2.30. The summed E-state index contributed by atoms with van der Waals surface area (Å²) in [4.78, 5) is 35.3. The molecule has 0 bridgehead atoms. The summed E-state index contributed by atoms with van der Waals surface area (Å²) in [7, 11) is 0. The molecule has 0 aliphatic carbocycles. The van der Waals surface area contributed by atoms with Gasteiger partial charge >= 0.3 is 5.97 Å². The van der Waals surface area contributed by atoms with Crippen LogP contribution in [0.5, 0.6) is 0 Å². The van der Waals surface area contributed by atoms with Crippen molar-refractivity contribution in [3.05, 3.63) is 65.2 Å². The van der Waals surface area contributed by atoms with Gasteiger partial charge in [-0.15, -0.1) is 0 Å². The average molecular weight is 339 g/mol. The Morgan fingerprint density at radius 1 is 1.00 bits per heavy atom.